The Morgan fingerprint density at radius 3 is 2.55 bits per heavy atom. The molecule has 0 aromatic heterocycles. The second-order valence-electron chi connectivity index (χ2n) is 4.15. The number of halogens is 2. The first-order valence-corrected chi connectivity index (χ1v) is 7.24. The maximum absolute atomic E-state index is 13.5. The second kappa shape index (κ2) is 5.39. The van der Waals surface area contributed by atoms with Gasteiger partial charge in [-0.2, -0.15) is 5.26 Å². The zero-order valence-corrected chi connectivity index (χ0v) is 11.0. The van der Waals surface area contributed by atoms with E-state index in [-0.39, 0.29) is 0 Å². The summed E-state index contributed by atoms with van der Waals surface area (Å²) in [6.07, 6.45) is 0. The zero-order chi connectivity index (χ0) is 14.8. The third-order valence-electron chi connectivity index (χ3n) is 2.64. The van der Waals surface area contributed by atoms with Crippen molar-refractivity contribution in [3.8, 4) is 6.07 Å². The molecular formula is C14H9F2NO2S. The molecule has 2 rings (SSSR count). The van der Waals surface area contributed by atoms with Crippen LogP contribution in [0, 0.1) is 23.0 Å². The van der Waals surface area contributed by atoms with E-state index in [1.807, 2.05) is 6.07 Å². The molecule has 2 aromatic carbocycles. The number of hydrogen-bond donors (Lipinski definition) is 0. The highest BCUT2D eigenvalue weighted by atomic mass is 32.2. The molecule has 0 saturated carbocycles. The fourth-order valence-corrected chi connectivity index (χ4v) is 3.17. The number of hydrogen-bond acceptors (Lipinski definition) is 3. The van der Waals surface area contributed by atoms with E-state index in [1.54, 1.807) is 0 Å². The predicted octanol–water partition coefficient (Wildman–Crippen LogP) is 2.81. The Balaban J connectivity index is 2.41. The maximum Gasteiger partial charge on any atom is 0.185 e. The lowest BCUT2D eigenvalue weighted by Crippen LogP contribution is -2.08. The SMILES string of the molecule is N#Cc1cccc(CS(=O)(=O)c2cc(F)ccc2F)c1. The Hall–Kier alpha value is -2.26. The molecule has 3 nitrogen and oxygen atoms in total. The van der Waals surface area contributed by atoms with Crippen LogP contribution in [-0.2, 0) is 15.6 Å². The van der Waals surface area contributed by atoms with Crippen molar-refractivity contribution in [2.75, 3.05) is 0 Å². The quantitative estimate of drug-likeness (QED) is 0.874. The Bertz CT molecular complexity index is 795. The normalized spacial score (nSPS) is 11.1. The minimum atomic E-state index is -4.02. The van der Waals surface area contributed by atoms with Gasteiger partial charge in [-0.3, -0.25) is 0 Å². The number of nitrogens with zero attached hydrogens (tertiary/aromatic N) is 1. The van der Waals surface area contributed by atoms with Crippen LogP contribution in [0.2, 0.25) is 0 Å². The van der Waals surface area contributed by atoms with E-state index in [0.29, 0.717) is 17.2 Å². The molecule has 0 N–H and O–H groups in total. The van der Waals surface area contributed by atoms with Crippen LogP contribution in [0.25, 0.3) is 0 Å². The zero-order valence-electron chi connectivity index (χ0n) is 10.2. The molecule has 0 aliphatic rings. The summed E-state index contributed by atoms with van der Waals surface area (Å²) in [4.78, 5) is -0.681. The molecule has 0 amide bonds. The molecule has 0 spiro atoms. The fourth-order valence-electron chi connectivity index (χ4n) is 1.74. The topological polar surface area (TPSA) is 57.9 Å². The second-order valence-corrected chi connectivity index (χ2v) is 6.10. The van der Waals surface area contributed by atoms with Crippen molar-refractivity contribution in [3.05, 3.63) is 65.2 Å². The van der Waals surface area contributed by atoms with Gasteiger partial charge in [0.1, 0.15) is 16.5 Å². The molecule has 0 unspecified atom stereocenters. The van der Waals surface area contributed by atoms with Gasteiger partial charge in [-0.25, -0.2) is 17.2 Å². The molecule has 0 fully saturated rings. The van der Waals surface area contributed by atoms with E-state index in [2.05, 4.69) is 0 Å². The van der Waals surface area contributed by atoms with Gasteiger partial charge in [-0.15, -0.1) is 0 Å². The maximum atomic E-state index is 13.5. The molecule has 20 heavy (non-hydrogen) atoms. The van der Waals surface area contributed by atoms with E-state index in [0.717, 1.165) is 12.1 Å². The standard InChI is InChI=1S/C14H9F2NO2S/c15-12-4-5-13(16)14(7-12)20(18,19)9-11-3-1-2-10(6-11)8-17/h1-7H,9H2. The first-order chi connectivity index (χ1) is 9.42. The van der Waals surface area contributed by atoms with Crippen LogP contribution in [0.3, 0.4) is 0 Å². The van der Waals surface area contributed by atoms with Crippen LogP contribution in [0.15, 0.2) is 47.4 Å². The molecule has 6 heteroatoms. The van der Waals surface area contributed by atoms with Crippen LogP contribution in [0.5, 0.6) is 0 Å². The summed E-state index contributed by atoms with van der Waals surface area (Å²) >= 11 is 0. The highest BCUT2D eigenvalue weighted by Crippen LogP contribution is 2.21. The van der Waals surface area contributed by atoms with Gasteiger partial charge in [-0.05, 0) is 35.9 Å². The summed E-state index contributed by atoms with van der Waals surface area (Å²) in [5.41, 5.74) is 0.644. The third kappa shape index (κ3) is 3.00. The van der Waals surface area contributed by atoms with Crippen molar-refractivity contribution < 1.29 is 17.2 Å². The summed E-state index contributed by atoms with van der Waals surface area (Å²) in [5.74, 6) is -2.32. The monoisotopic (exact) mass is 293 g/mol. The molecule has 2 aromatic rings. The van der Waals surface area contributed by atoms with E-state index >= 15 is 0 Å². The van der Waals surface area contributed by atoms with E-state index in [1.165, 1.54) is 24.3 Å². The smallest absolute Gasteiger partial charge is 0.185 e. The Labute approximate surface area is 115 Å². The van der Waals surface area contributed by atoms with Crippen LogP contribution in [0.4, 0.5) is 8.78 Å². The van der Waals surface area contributed by atoms with Gasteiger partial charge in [0, 0.05) is 0 Å². The van der Waals surface area contributed by atoms with E-state index in [4.69, 9.17) is 5.26 Å². The van der Waals surface area contributed by atoms with Crippen molar-refractivity contribution in [2.24, 2.45) is 0 Å². The fraction of sp³-hybridized carbons (Fsp3) is 0.0714. The first-order valence-electron chi connectivity index (χ1n) is 5.59. The van der Waals surface area contributed by atoms with Crippen molar-refractivity contribution >= 4 is 9.84 Å². The van der Waals surface area contributed by atoms with Crippen molar-refractivity contribution in [3.63, 3.8) is 0 Å². The molecule has 0 bridgehead atoms. The van der Waals surface area contributed by atoms with Gasteiger partial charge in [0.05, 0.1) is 17.4 Å². The van der Waals surface area contributed by atoms with E-state index in [9.17, 15) is 17.2 Å². The summed E-state index contributed by atoms with van der Waals surface area (Å²) in [7, 11) is -4.02. The molecular weight excluding hydrogens is 284 g/mol. The van der Waals surface area contributed by atoms with Gasteiger partial charge < -0.3 is 0 Å². The van der Waals surface area contributed by atoms with Gasteiger partial charge >= 0.3 is 0 Å². The highest BCUT2D eigenvalue weighted by Gasteiger charge is 2.20. The average molecular weight is 293 g/mol. The minimum absolute atomic E-state index is 0.303. The predicted molar refractivity (Wildman–Crippen MR) is 68.4 cm³/mol. The average Bonchev–Trinajstić information content (AvgIpc) is 2.41. The largest absolute Gasteiger partial charge is 0.223 e. The molecule has 0 aliphatic heterocycles. The number of sulfone groups is 1. The third-order valence-corrected chi connectivity index (χ3v) is 4.34. The van der Waals surface area contributed by atoms with Crippen LogP contribution < -0.4 is 0 Å². The summed E-state index contributed by atoms with van der Waals surface area (Å²) < 4.78 is 50.7. The number of rotatable bonds is 3. The number of benzene rings is 2. The summed E-state index contributed by atoms with van der Waals surface area (Å²) in [6.45, 7) is 0. The van der Waals surface area contributed by atoms with Gasteiger partial charge in [0.25, 0.3) is 0 Å². The molecule has 102 valence electrons. The minimum Gasteiger partial charge on any atom is -0.223 e. The van der Waals surface area contributed by atoms with Gasteiger partial charge in [0.2, 0.25) is 0 Å². The summed E-state index contributed by atoms with van der Waals surface area (Å²) in [5, 5.41) is 8.75. The van der Waals surface area contributed by atoms with Crippen LogP contribution >= 0.6 is 0 Å². The van der Waals surface area contributed by atoms with Crippen molar-refractivity contribution in [1.82, 2.24) is 0 Å². The lowest BCUT2D eigenvalue weighted by Gasteiger charge is -2.06. The van der Waals surface area contributed by atoms with E-state index < -0.39 is 32.1 Å². The lowest BCUT2D eigenvalue weighted by molar-refractivity contribution is 0.553. The van der Waals surface area contributed by atoms with Crippen molar-refractivity contribution in [1.29, 1.82) is 5.26 Å². The lowest BCUT2D eigenvalue weighted by atomic mass is 10.2. The Kier molecular flexibility index (Phi) is 3.81. The molecule has 0 atom stereocenters. The van der Waals surface area contributed by atoms with Crippen LogP contribution in [0.1, 0.15) is 11.1 Å². The molecule has 0 saturated heterocycles. The molecule has 0 heterocycles. The van der Waals surface area contributed by atoms with Crippen molar-refractivity contribution in [2.45, 2.75) is 10.6 Å². The Morgan fingerprint density at radius 2 is 1.85 bits per heavy atom. The Morgan fingerprint density at radius 1 is 1.10 bits per heavy atom. The van der Waals surface area contributed by atoms with Gasteiger partial charge in [-0.1, -0.05) is 12.1 Å². The van der Waals surface area contributed by atoms with Gasteiger partial charge in [0.15, 0.2) is 9.84 Å². The van der Waals surface area contributed by atoms with Crippen LogP contribution in [-0.4, -0.2) is 8.42 Å². The molecule has 0 radical (unpaired) electrons. The molecule has 0 aliphatic carbocycles. The number of nitriles is 1. The summed E-state index contributed by atoms with van der Waals surface area (Å²) in [6, 6.07) is 10.1. The first kappa shape index (κ1) is 14.2. The highest BCUT2D eigenvalue weighted by molar-refractivity contribution is 7.90.